The summed E-state index contributed by atoms with van der Waals surface area (Å²) in [6.45, 7) is 2.40. The van der Waals surface area contributed by atoms with E-state index < -0.39 is 11.7 Å². The fourth-order valence-corrected chi connectivity index (χ4v) is 2.81. The molecule has 0 aliphatic carbocycles. The molecule has 0 aliphatic heterocycles. The van der Waals surface area contributed by atoms with E-state index in [1.165, 1.54) is 36.4 Å². The van der Waals surface area contributed by atoms with Crippen molar-refractivity contribution in [3.8, 4) is 17.6 Å². The number of para-hydroxylation sites is 1. The van der Waals surface area contributed by atoms with Crippen molar-refractivity contribution in [1.82, 2.24) is 0 Å². The van der Waals surface area contributed by atoms with E-state index in [9.17, 15) is 18.8 Å². The summed E-state index contributed by atoms with van der Waals surface area (Å²) in [5.74, 6) is -0.767. The van der Waals surface area contributed by atoms with Crippen molar-refractivity contribution in [1.29, 1.82) is 5.26 Å². The van der Waals surface area contributed by atoms with E-state index in [0.29, 0.717) is 23.7 Å². The zero-order valence-corrected chi connectivity index (χ0v) is 17.3. The summed E-state index contributed by atoms with van der Waals surface area (Å²) in [5.41, 5.74) is 1.10. The maximum atomic E-state index is 13.8. The minimum absolute atomic E-state index is 0.0156. The molecule has 3 aromatic carbocycles. The summed E-state index contributed by atoms with van der Waals surface area (Å²) in [4.78, 5) is 12.4. The number of anilines is 1. The first-order chi connectivity index (χ1) is 15.5. The van der Waals surface area contributed by atoms with Gasteiger partial charge in [0.1, 0.15) is 29.9 Å². The quantitative estimate of drug-likeness (QED) is 0.376. The zero-order valence-electron chi connectivity index (χ0n) is 17.3. The van der Waals surface area contributed by atoms with Crippen molar-refractivity contribution in [3.63, 3.8) is 0 Å². The van der Waals surface area contributed by atoms with Crippen molar-refractivity contribution >= 4 is 17.7 Å². The van der Waals surface area contributed by atoms with Crippen LogP contribution < -0.4 is 14.8 Å². The number of carbonyl (C=O) groups excluding carboxylic acids is 1. The Kier molecular flexibility index (Phi) is 7.55. The predicted molar refractivity (Wildman–Crippen MR) is 117 cm³/mol. The van der Waals surface area contributed by atoms with Gasteiger partial charge in [-0.15, -0.1) is 0 Å². The summed E-state index contributed by atoms with van der Waals surface area (Å²) in [7, 11) is 0. The number of amides is 1. The van der Waals surface area contributed by atoms with Crippen molar-refractivity contribution < 1.29 is 23.0 Å². The molecule has 3 aromatic rings. The summed E-state index contributed by atoms with van der Waals surface area (Å²) in [6, 6.07) is 18.4. The van der Waals surface area contributed by atoms with Gasteiger partial charge in [0.25, 0.3) is 5.91 Å². The molecular weight excluding hydrogens is 414 g/mol. The lowest BCUT2D eigenvalue weighted by Gasteiger charge is -2.13. The molecule has 0 bridgehead atoms. The average molecular weight is 434 g/mol. The Morgan fingerprint density at radius 3 is 2.47 bits per heavy atom. The minimum Gasteiger partial charge on any atom is -0.490 e. The molecule has 1 N–H and O–H groups in total. The molecule has 7 heteroatoms. The van der Waals surface area contributed by atoms with Crippen LogP contribution in [0, 0.1) is 23.0 Å². The minimum atomic E-state index is -0.729. The first-order valence-corrected chi connectivity index (χ1v) is 9.82. The predicted octanol–water partition coefficient (Wildman–Crippen LogP) is 5.49. The molecule has 0 radical (unpaired) electrons. The number of halogens is 2. The molecule has 0 unspecified atom stereocenters. The molecule has 1 amide bonds. The number of benzene rings is 3. The van der Waals surface area contributed by atoms with Gasteiger partial charge < -0.3 is 14.8 Å². The van der Waals surface area contributed by atoms with Gasteiger partial charge in [-0.05, 0) is 60.5 Å². The SMILES string of the molecule is CCOc1cc(/C=C(\C#N)C(=O)Nc2ccccc2F)ccc1OCc1ccc(F)cc1. The highest BCUT2D eigenvalue weighted by Gasteiger charge is 2.13. The summed E-state index contributed by atoms with van der Waals surface area (Å²) < 4.78 is 38.2. The van der Waals surface area contributed by atoms with Crippen LogP contribution in [0.5, 0.6) is 11.5 Å². The Morgan fingerprint density at radius 2 is 1.78 bits per heavy atom. The number of nitriles is 1. The molecule has 0 fully saturated rings. The fourth-order valence-electron chi connectivity index (χ4n) is 2.81. The first-order valence-electron chi connectivity index (χ1n) is 9.82. The van der Waals surface area contributed by atoms with Crippen LogP contribution in [-0.4, -0.2) is 12.5 Å². The Labute approximate surface area is 184 Å². The Hall–Kier alpha value is -4.18. The molecule has 0 atom stereocenters. The van der Waals surface area contributed by atoms with E-state index in [4.69, 9.17) is 9.47 Å². The largest absolute Gasteiger partial charge is 0.490 e. The highest BCUT2D eigenvalue weighted by molar-refractivity contribution is 6.09. The van der Waals surface area contributed by atoms with Gasteiger partial charge in [0.05, 0.1) is 12.3 Å². The highest BCUT2D eigenvalue weighted by Crippen LogP contribution is 2.30. The highest BCUT2D eigenvalue weighted by atomic mass is 19.1. The topological polar surface area (TPSA) is 71.3 Å². The van der Waals surface area contributed by atoms with Crippen molar-refractivity contribution in [3.05, 3.63) is 95.1 Å². The average Bonchev–Trinajstić information content (AvgIpc) is 2.79. The first kappa shape index (κ1) is 22.5. The number of carbonyl (C=O) groups is 1. The number of hydrogen-bond acceptors (Lipinski definition) is 4. The Bertz CT molecular complexity index is 1170. The van der Waals surface area contributed by atoms with Gasteiger partial charge in [-0.2, -0.15) is 5.26 Å². The van der Waals surface area contributed by atoms with E-state index in [0.717, 1.165) is 5.56 Å². The number of nitrogens with one attached hydrogen (secondary N) is 1. The third kappa shape index (κ3) is 5.92. The van der Waals surface area contributed by atoms with E-state index >= 15 is 0 Å². The number of rotatable bonds is 8. The molecule has 32 heavy (non-hydrogen) atoms. The maximum absolute atomic E-state index is 13.8. The van der Waals surface area contributed by atoms with Crippen LogP contribution >= 0.6 is 0 Å². The van der Waals surface area contributed by atoms with E-state index in [2.05, 4.69) is 5.32 Å². The van der Waals surface area contributed by atoms with E-state index in [1.54, 1.807) is 36.4 Å². The van der Waals surface area contributed by atoms with Gasteiger partial charge in [-0.3, -0.25) is 4.79 Å². The molecule has 0 heterocycles. The third-order valence-corrected chi connectivity index (χ3v) is 4.37. The van der Waals surface area contributed by atoms with Crippen LogP contribution in [-0.2, 0) is 11.4 Å². The van der Waals surface area contributed by atoms with Crippen LogP contribution in [0.3, 0.4) is 0 Å². The second-order valence-electron chi connectivity index (χ2n) is 6.66. The number of nitrogens with zero attached hydrogens (tertiary/aromatic N) is 1. The lowest BCUT2D eigenvalue weighted by atomic mass is 10.1. The summed E-state index contributed by atoms with van der Waals surface area (Å²) >= 11 is 0. The van der Waals surface area contributed by atoms with Gasteiger partial charge in [-0.1, -0.05) is 30.3 Å². The molecule has 0 saturated heterocycles. The maximum Gasteiger partial charge on any atom is 0.266 e. The monoisotopic (exact) mass is 434 g/mol. The van der Waals surface area contributed by atoms with Crippen molar-refractivity contribution in [2.45, 2.75) is 13.5 Å². The molecule has 0 aromatic heterocycles. The standard InChI is InChI=1S/C25H20F2N2O3/c1-2-31-24-14-18(9-12-23(24)32-16-17-7-10-20(26)11-8-17)13-19(15-28)25(30)29-22-6-4-3-5-21(22)27/h3-14H,2,16H2,1H3,(H,29,30)/b19-13+. The lowest BCUT2D eigenvalue weighted by molar-refractivity contribution is -0.112. The van der Waals surface area contributed by atoms with Gasteiger partial charge in [0.2, 0.25) is 0 Å². The molecule has 0 spiro atoms. The summed E-state index contributed by atoms with van der Waals surface area (Å²) in [6.07, 6.45) is 1.38. The van der Waals surface area contributed by atoms with Gasteiger partial charge in [0, 0.05) is 0 Å². The second kappa shape index (κ2) is 10.7. The van der Waals surface area contributed by atoms with Crippen LogP contribution in [0.25, 0.3) is 6.08 Å². The van der Waals surface area contributed by atoms with Crippen LogP contribution in [0.1, 0.15) is 18.1 Å². The van der Waals surface area contributed by atoms with E-state index in [-0.39, 0.29) is 23.7 Å². The Balaban J connectivity index is 1.78. The van der Waals surface area contributed by atoms with Gasteiger partial charge >= 0.3 is 0 Å². The van der Waals surface area contributed by atoms with E-state index in [1.807, 2.05) is 13.0 Å². The normalized spacial score (nSPS) is 10.9. The van der Waals surface area contributed by atoms with Gasteiger partial charge in [-0.25, -0.2) is 8.78 Å². The van der Waals surface area contributed by atoms with Crippen LogP contribution in [0.4, 0.5) is 14.5 Å². The second-order valence-corrected chi connectivity index (χ2v) is 6.66. The van der Waals surface area contributed by atoms with Crippen LogP contribution in [0.15, 0.2) is 72.3 Å². The number of ether oxygens (including phenoxy) is 2. The van der Waals surface area contributed by atoms with Gasteiger partial charge in [0.15, 0.2) is 11.5 Å². The molecule has 162 valence electrons. The molecular formula is C25H20F2N2O3. The lowest BCUT2D eigenvalue weighted by Crippen LogP contribution is -2.14. The molecule has 5 nitrogen and oxygen atoms in total. The molecule has 3 rings (SSSR count). The fraction of sp³-hybridized carbons (Fsp3) is 0.120. The van der Waals surface area contributed by atoms with Crippen LogP contribution in [0.2, 0.25) is 0 Å². The molecule has 0 aliphatic rings. The summed E-state index contributed by atoms with van der Waals surface area (Å²) in [5, 5.41) is 11.8. The molecule has 0 saturated carbocycles. The smallest absolute Gasteiger partial charge is 0.266 e. The zero-order chi connectivity index (χ0) is 22.9. The number of hydrogen-bond donors (Lipinski definition) is 1. The Morgan fingerprint density at radius 1 is 1.03 bits per heavy atom. The van der Waals surface area contributed by atoms with Crippen molar-refractivity contribution in [2.24, 2.45) is 0 Å². The van der Waals surface area contributed by atoms with Crippen molar-refractivity contribution in [2.75, 3.05) is 11.9 Å². The third-order valence-electron chi connectivity index (χ3n) is 4.37.